The minimum atomic E-state index is -0.175. The van der Waals surface area contributed by atoms with Crippen molar-refractivity contribution in [2.45, 2.75) is 25.7 Å². The molecule has 4 aromatic rings. The zero-order valence-corrected chi connectivity index (χ0v) is 19.4. The Bertz CT molecular complexity index is 1390. The van der Waals surface area contributed by atoms with Crippen LogP contribution in [0.3, 0.4) is 0 Å². The van der Waals surface area contributed by atoms with Crippen LogP contribution in [0.15, 0.2) is 53.6 Å². The van der Waals surface area contributed by atoms with E-state index in [0.29, 0.717) is 18.8 Å². The Balaban J connectivity index is 1.37. The summed E-state index contributed by atoms with van der Waals surface area (Å²) < 4.78 is 12.8. The molecule has 3 aromatic heterocycles. The number of aryl methyl sites for hydroxylation is 1. The normalized spacial score (nSPS) is 12.9. The monoisotopic (exact) mass is 457 g/mol. The van der Waals surface area contributed by atoms with Crippen LogP contribution in [0, 0.1) is 0 Å². The second-order valence-corrected chi connectivity index (χ2v) is 8.33. The van der Waals surface area contributed by atoms with Gasteiger partial charge in [0.05, 0.1) is 18.3 Å². The van der Waals surface area contributed by atoms with Crippen molar-refractivity contribution >= 4 is 16.6 Å². The van der Waals surface area contributed by atoms with Crippen LogP contribution in [0.4, 0.5) is 5.69 Å². The van der Waals surface area contributed by atoms with Gasteiger partial charge in [-0.2, -0.15) is 4.98 Å². The number of ether oxygens (including phenoxy) is 2. The number of methoxy groups -OCH3 is 1. The van der Waals surface area contributed by atoms with E-state index in [1.807, 2.05) is 30.3 Å². The quantitative estimate of drug-likeness (QED) is 0.423. The lowest BCUT2D eigenvalue weighted by atomic mass is 9.92. The summed E-state index contributed by atoms with van der Waals surface area (Å²) in [5.41, 5.74) is 5.70. The highest BCUT2D eigenvalue weighted by molar-refractivity contribution is 5.94. The van der Waals surface area contributed by atoms with Crippen molar-refractivity contribution in [3.8, 4) is 23.0 Å². The summed E-state index contributed by atoms with van der Waals surface area (Å²) in [5.74, 6) is 0.802. The van der Waals surface area contributed by atoms with Gasteiger partial charge in [0.2, 0.25) is 0 Å². The molecular weight excluding hydrogens is 430 g/mol. The second-order valence-electron chi connectivity index (χ2n) is 8.33. The maximum Gasteiger partial charge on any atom is 0.299 e. The van der Waals surface area contributed by atoms with Crippen LogP contribution in [-0.4, -0.2) is 39.8 Å². The first kappa shape index (κ1) is 21.9. The molecule has 34 heavy (non-hydrogen) atoms. The Labute approximate surface area is 197 Å². The number of fused-ring (bicyclic) bond motifs is 2. The lowest BCUT2D eigenvalue weighted by Crippen LogP contribution is -2.22. The van der Waals surface area contributed by atoms with Crippen LogP contribution in [0.2, 0.25) is 0 Å². The predicted octanol–water partition coefficient (Wildman–Crippen LogP) is 3.77. The fraction of sp³-hybridized carbons (Fsp3) is 0.308. The number of nitrogens with zero attached hydrogens (tertiary/aromatic N) is 4. The number of hydrogen-bond acceptors (Lipinski definition) is 7. The van der Waals surface area contributed by atoms with Gasteiger partial charge in [0.15, 0.2) is 0 Å². The number of hydrogen-bond donors (Lipinski definition) is 1. The van der Waals surface area contributed by atoms with E-state index < -0.39 is 0 Å². The van der Waals surface area contributed by atoms with Crippen molar-refractivity contribution in [3.63, 3.8) is 0 Å². The molecule has 3 heterocycles. The van der Waals surface area contributed by atoms with E-state index in [4.69, 9.17) is 14.5 Å². The Morgan fingerprint density at radius 3 is 2.71 bits per heavy atom. The van der Waals surface area contributed by atoms with E-state index in [1.165, 1.54) is 21.9 Å². The van der Waals surface area contributed by atoms with E-state index in [0.717, 1.165) is 53.6 Å². The SMILES string of the molecule is COc1ccc2nc3c(c(NCCOc4nc(-c5ccncc5)cc(=O)n4C)c2c1)CCCC3. The van der Waals surface area contributed by atoms with E-state index in [-0.39, 0.29) is 11.6 Å². The summed E-state index contributed by atoms with van der Waals surface area (Å²) in [6.45, 7) is 0.904. The fourth-order valence-corrected chi connectivity index (χ4v) is 4.37. The molecule has 8 heteroatoms. The number of pyridine rings is 2. The first-order chi connectivity index (χ1) is 16.6. The first-order valence-corrected chi connectivity index (χ1v) is 11.5. The minimum Gasteiger partial charge on any atom is -0.497 e. The zero-order chi connectivity index (χ0) is 23.5. The van der Waals surface area contributed by atoms with Crippen molar-refractivity contribution in [2.24, 2.45) is 7.05 Å². The molecule has 0 spiro atoms. The molecular formula is C26H27N5O3. The van der Waals surface area contributed by atoms with E-state index in [2.05, 4.69) is 15.3 Å². The molecule has 1 aliphatic carbocycles. The summed E-state index contributed by atoms with van der Waals surface area (Å²) in [7, 11) is 3.33. The predicted molar refractivity (Wildman–Crippen MR) is 132 cm³/mol. The fourth-order valence-electron chi connectivity index (χ4n) is 4.37. The number of anilines is 1. The van der Waals surface area contributed by atoms with Gasteiger partial charge in [-0.05, 0) is 61.6 Å². The molecule has 0 amide bonds. The van der Waals surface area contributed by atoms with Gasteiger partial charge in [-0.15, -0.1) is 0 Å². The van der Waals surface area contributed by atoms with Crippen molar-refractivity contribution in [1.82, 2.24) is 19.5 Å². The number of rotatable bonds is 7. The molecule has 1 aromatic carbocycles. The third-order valence-electron chi connectivity index (χ3n) is 6.17. The molecule has 5 rings (SSSR count). The van der Waals surface area contributed by atoms with Crippen LogP contribution in [-0.2, 0) is 19.9 Å². The zero-order valence-electron chi connectivity index (χ0n) is 19.4. The lowest BCUT2D eigenvalue weighted by Gasteiger charge is -2.22. The van der Waals surface area contributed by atoms with Crippen molar-refractivity contribution in [3.05, 3.63) is 70.4 Å². The minimum absolute atomic E-state index is 0.175. The Morgan fingerprint density at radius 2 is 1.88 bits per heavy atom. The highest BCUT2D eigenvalue weighted by Gasteiger charge is 2.18. The Kier molecular flexibility index (Phi) is 6.12. The standard InChI is InChI=1S/C26H27N5O3/c1-31-24(32)16-23(17-9-11-27-12-10-17)30-26(31)34-14-13-28-25-19-5-3-4-6-21(19)29-22-8-7-18(33-2)15-20(22)25/h7-12,15-16H,3-6,13-14H2,1-2H3,(H,28,29). The van der Waals surface area contributed by atoms with E-state index in [1.54, 1.807) is 26.6 Å². The van der Waals surface area contributed by atoms with Gasteiger partial charge in [0, 0.05) is 54.4 Å². The molecule has 174 valence electrons. The summed E-state index contributed by atoms with van der Waals surface area (Å²) in [6, 6.07) is 11.4. The van der Waals surface area contributed by atoms with Crippen LogP contribution >= 0.6 is 0 Å². The highest BCUT2D eigenvalue weighted by atomic mass is 16.5. The molecule has 0 aliphatic heterocycles. The summed E-state index contributed by atoms with van der Waals surface area (Å²) in [4.78, 5) is 25.9. The van der Waals surface area contributed by atoms with Gasteiger partial charge < -0.3 is 14.8 Å². The summed E-state index contributed by atoms with van der Waals surface area (Å²) in [5, 5.41) is 4.62. The van der Waals surface area contributed by atoms with Gasteiger partial charge in [0.25, 0.3) is 11.6 Å². The molecule has 0 bridgehead atoms. The molecule has 0 unspecified atom stereocenters. The Morgan fingerprint density at radius 1 is 1.06 bits per heavy atom. The number of aromatic nitrogens is 4. The van der Waals surface area contributed by atoms with Crippen LogP contribution < -0.4 is 20.3 Å². The van der Waals surface area contributed by atoms with Gasteiger partial charge in [0.1, 0.15) is 12.4 Å². The average molecular weight is 458 g/mol. The summed E-state index contributed by atoms with van der Waals surface area (Å²) >= 11 is 0. The smallest absolute Gasteiger partial charge is 0.299 e. The maximum absolute atomic E-state index is 12.4. The molecule has 0 radical (unpaired) electrons. The molecule has 1 aliphatic rings. The number of benzene rings is 1. The van der Waals surface area contributed by atoms with Gasteiger partial charge in [-0.25, -0.2) is 0 Å². The molecule has 0 saturated heterocycles. The van der Waals surface area contributed by atoms with Crippen LogP contribution in [0.25, 0.3) is 22.2 Å². The topological polar surface area (TPSA) is 91.2 Å². The van der Waals surface area contributed by atoms with Crippen molar-refractivity contribution in [1.29, 1.82) is 0 Å². The van der Waals surface area contributed by atoms with Crippen LogP contribution in [0.1, 0.15) is 24.1 Å². The van der Waals surface area contributed by atoms with Gasteiger partial charge >= 0.3 is 0 Å². The first-order valence-electron chi connectivity index (χ1n) is 11.5. The molecule has 0 saturated carbocycles. The van der Waals surface area contributed by atoms with Crippen molar-refractivity contribution in [2.75, 3.05) is 25.6 Å². The lowest BCUT2D eigenvalue weighted by molar-refractivity contribution is 0.290. The highest BCUT2D eigenvalue weighted by Crippen LogP contribution is 2.35. The third-order valence-corrected chi connectivity index (χ3v) is 6.17. The van der Waals surface area contributed by atoms with E-state index in [9.17, 15) is 4.79 Å². The van der Waals surface area contributed by atoms with E-state index >= 15 is 0 Å². The summed E-state index contributed by atoms with van der Waals surface area (Å²) in [6.07, 6.45) is 7.67. The number of nitrogens with one attached hydrogen (secondary N) is 1. The molecule has 8 nitrogen and oxygen atoms in total. The third kappa shape index (κ3) is 4.31. The average Bonchev–Trinajstić information content (AvgIpc) is 2.88. The second kappa shape index (κ2) is 9.51. The Hall–Kier alpha value is -3.94. The molecule has 0 fully saturated rings. The van der Waals surface area contributed by atoms with Gasteiger partial charge in [-0.3, -0.25) is 19.3 Å². The molecule has 0 atom stereocenters. The largest absolute Gasteiger partial charge is 0.497 e. The van der Waals surface area contributed by atoms with Gasteiger partial charge in [-0.1, -0.05) is 0 Å². The maximum atomic E-state index is 12.4. The molecule has 1 N–H and O–H groups in total. The van der Waals surface area contributed by atoms with Crippen LogP contribution in [0.5, 0.6) is 11.8 Å². The van der Waals surface area contributed by atoms with Crippen molar-refractivity contribution < 1.29 is 9.47 Å².